The van der Waals surface area contributed by atoms with Crippen molar-refractivity contribution in [3.8, 4) is 0 Å². The number of aliphatic hydroxyl groups excluding tert-OH is 1. The molecule has 0 amide bonds. The van der Waals surface area contributed by atoms with E-state index in [4.69, 9.17) is 22.3 Å². The standard InChI is InChI=1S/C13H9Cl2F2NO3S/c14-9-6-8(2-4-10(9)16)18-13(19)7-1-3-11(17)12(5-7)22(15,20)21/h1-6,13,18-19H. The summed E-state index contributed by atoms with van der Waals surface area (Å²) in [4.78, 5) is -0.746. The van der Waals surface area contributed by atoms with Gasteiger partial charge in [-0.05, 0) is 30.3 Å². The van der Waals surface area contributed by atoms with E-state index in [0.29, 0.717) is 5.69 Å². The first-order valence-electron chi connectivity index (χ1n) is 5.82. The van der Waals surface area contributed by atoms with Crippen molar-refractivity contribution < 1.29 is 22.3 Å². The highest BCUT2D eigenvalue weighted by Gasteiger charge is 2.19. The molecule has 0 aliphatic rings. The fourth-order valence-electron chi connectivity index (χ4n) is 1.70. The Morgan fingerprint density at radius 3 is 2.32 bits per heavy atom. The van der Waals surface area contributed by atoms with Crippen molar-refractivity contribution in [2.45, 2.75) is 11.1 Å². The molecule has 0 aliphatic carbocycles. The molecule has 2 aromatic carbocycles. The Labute approximate surface area is 134 Å². The summed E-state index contributed by atoms with van der Waals surface area (Å²) in [6, 6.07) is 6.62. The number of benzene rings is 2. The number of anilines is 1. The van der Waals surface area contributed by atoms with Gasteiger partial charge in [0.1, 0.15) is 16.5 Å². The summed E-state index contributed by atoms with van der Waals surface area (Å²) in [7, 11) is 0.823. The first-order chi connectivity index (χ1) is 10.2. The Balaban J connectivity index is 2.30. The number of rotatable bonds is 4. The molecule has 1 unspecified atom stereocenters. The second-order valence-corrected chi connectivity index (χ2v) is 7.25. The van der Waals surface area contributed by atoms with E-state index in [0.717, 1.165) is 18.2 Å². The van der Waals surface area contributed by atoms with Crippen LogP contribution in [0.3, 0.4) is 0 Å². The number of halogens is 4. The second-order valence-electron chi connectivity index (χ2n) is 4.30. The van der Waals surface area contributed by atoms with Gasteiger partial charge in [0.2, 0.25) is 0 Å². The first kappa shape index (κ1) is 17.0. The molecule has 2 aromatic rings. The van der Waals surface area contributed by atoms with E-state index in [2.05, 4.69) is 5.32 Å². The van der Waals surface area contributed by atoms with E-state index in [1.807, 2.05) is 0 Å². The van der Waals surface area contributed by atoms with E-state index in [1.165, 1.54) is 18.2 Å². The lowest BCUT2D eigenvalue weighted by atomic mass is 10.2. The van der Waals surface area contributed by atoms with Crippen LogP contribution in [-0.4, -0.2) is 13.5 Å². The zero-order valence-electron chi connectivity index (χ0n) is 10.7. The molecule has 0 bridgehead atoms. The summed E-state index contributed by atoms with van der Waals surface area (Å²) >= 11 is 5.61. The van der Waals surface area contributed by atoms with Gasteiger partial charge in [-0.3, -0.25) is 0 Å². The Morgan fingerprint density at radius 2 is 1.73 bits per heavy atom. The molecular formula is C13H9Cl2F2NO3S. The predicted octanol–water partition coefficient (Wildman–Crippen LogP) is 3.65. The highest BCUT2D eigenvalue weighted by molar-refractivity contribution is 8.13. The number of nitrogens with one attached hydrogen (secondary N) is 1. The van der Waals surface area contributed by atoms with Crippen LogP contribution in [0.1, 0.15) is 11.8 Å². The summed E-state index contributed by atoms with van der Waals surface area (Å²) < 4.78 is 48.9. The Kier molecular flexibility index (Phi) is 4.91. The number of hydrogen-bond donors (Lipinski definition) is 2. The summed E-state index contributed by atoms with van der Waals surface area (Å²) in [5.74, 6) is -1.66. The van der Waals surface area contributed by atoms with Crippen LogP contribution >= 0.6 is 22.3 Å². The Morgan fingerprint density at radius 1 is 1.09 bits per heavy atom. The minimum Gasteiger partial charge on any atom is -0.369 e. The lowest BCUT2D eigenvalue weighted by Crippen LogP contribution is -2.11. The van der Waals surface area contributed by atoms with Crippen LogP contribution in [0.4, 0.5) is 14.5 Å². The predicted molar refractivity (Wildman–Crippen MR) is 79.4 cm³/mol. The monoisotopic (exact) mass is 367 g/mol. The van der Waals surface area contributed by atoms with Crippen LogP contribution in [0.15, 0.2) is 41.3 Å². The highest BCUT2D eigenvalue weighted by Crippen LogP contribution is 2.26. The molecule has 9 heteroatoms. The van der Waals surface area contributed by atoms with E-state index in [-0.39, 0.29) is 10.6 Å². The molecule has 22 heavy (non-hydrogen) atoms. The summed E-state index contributed by atoms with van der Waals surface area (Å²) in [6.45, 7) is 0. The van der Waals surface area contributed by atoms with Gasteiger partial charge in [-0.1, -0.05) is 17.7 Å². The van der Waals surface area contributed by atoms with Crippen molar-refractivity contribution in [1.82, 2.24) is 0 Å². The normalized spacial score (nSPS) is 13.0. The van der Waals surface area contributed by atoms with Crippen LogP contribution in [0.5, 0.6) is 0 Å². The van der Waals surface area contributed by atoms with Crippen LogP contribution in [0, 0.1) is 11.6 Å². The van der Waals surface area contributed by atoms with Gasteiger partial charge in [-0.25, -0.2) is 17.2 Å². The van der Waals surface area contributed by atoms with Gasteiger partial charge in [0, 0.05) is 21.9 Å². The van der Waals surface area contributed by atoms with Crippen molar-refractivity contribution in [3.05, 3.63) is 58.6 Å². The summed E-state index contributed by atoms with van der Waals surface area (Å²) in [5, 5.41) is 12.4. The van der Waals surface area contributed by atoms with Crippen LogP contribution < -0.4 is 5.32 Å². The molecule has 2 rings (SSSR count). The average Bonchev–Trinajstić information content (AvgIpc) is 2.42. The molecule has 0 radical (unpaired) electrons. The first-order valence-corrected chi connectivity index (χ1v) is 8.51. The van der Waals surface area contributed by atoms with E-state index in [9.17, 15) is 22.3 Å². The maximum Gasteiger partial charge on any atom is 0.264 e. The zero-order valence-corrected chi connectivity index (χ0v) is 13.1. The second kappa shape index (κ2) is 6.37. The molecule has 0 spiro atoms. The van der Waals surface area contributed by atoms with Gasteiger partial charge in [-0.15, -0.1) is 0 Å². The van der Waals surface area contributed by atoms with Gasteiger partial charge in [0.15, 0.2) is 6.23 Å². The van der Waals surface area contributed by atoms with Crippen LogP contribution in [0.25, 0.3) is 0 Å². The van der Waals surface area contributed by atoms with Crippen LogP contribution in [-0.2, 0) is 9.05 Å². The SMILES string of the molecule is O=S(=O)(Cl)c1cc(C(O)Nc2ccc(F)c(Cl)c2)ccc1F. The Bertz CT molecular complexity index is 815. The van der Waals surface area contributed by atoms with Crippen LogP contribution in [0.2, 0.25) is 5.02 Å². The molecule has 0 saturated carbocycles. The van der Waals surface area contributed by atoms with Gasteiger partial charge in [0.25, 0.3) is 9.05 Å². The fourth-order valence-corrected chi connectivity index (χ4v) is 2.82. The Hall–Kier alpha value is -1.41. The third-order valence-electron chi connectivity index (χ3n) is 2.76. The molecule has 0 fully saturated rings. The lowest BCUT2D eigenvalue weighted by molar-refractivity contribution is 0.208. The van der Waals surface area contributed by atoms with Gasteiger partial charge in [-0.2, -0.15) is 0 Å². The lowest BCUT2D eigenvalue weighted by Gasteiger charge is -2.15. The molecule has 0 saturated heterocycles. The molecule has 118 valence electrons. The molecule has 0 aromatic heterocycles. The van der Waals surface area contributed by atoms with Crippen molar-refractivity contribution in [1.29, 1.82) is 0 Å². The largest absolute Gasteiger partial charge is 0.369 e. The highest BCUT2D eigenvalue weighted by atomic mass is 35.7. The molecule has 0 heterocycles. The minimum absolute atomic E-state index is 0.0565. The third-order valence-corrected chi connectivity index (χ3v) is 4.38. The quantitative estimate of drug-likeness (QED) is 0.639. The van der Waals surface area contributed by atoms with Crippen molar-refractivity contribution in [2.24, 2.45) is 0 Å². The molecular weight excluding hydrogens is 359 g/mol. The summed E-state index contributed by atoms with van der Waals surface area (Å²) in [6.07, 6.45) is -1.38. The third kappa shape index (κ3) is 3.86. The van der Waals surface area contributed by atoms with Gasteiger partial charge >= 0.3 is 0 Å². The maximum atomic E-state index is 13.4. The zero-order chi connectivity index (χ0) is 16.5. The smallest absolute Gasteiger partial charge is 0.264 e. The fraction of sp³-hybridized carbons (Fsp3) is 0.0769. The van der Waals surface area contributed by atoms with Crippen molar-refractivity contribution >= 4 is 37.0 Å². The van der Waals surface area contributed by atoms with Gasteiger partial charge < -0.3 is 10.4 Å². The molecule has 4 nitrogen and oxygen atoms in total. The summed E-state index contributed by atoms with van der Waals surface area (Å²) in [5.41, 5.74) is 0.347. The topological polar surface area (TPSA) is 66.4 Å². The van der Waals surface area contributed by atoms with Gasteiger partial charge in [0.05, 0.1) is 5.02 Å². The number of hydrogen-bond acceptors (Lipinski definition) is 4. The maximum absolute atomic E-state index is 13.4. The molecule has 2 N–H and O–H groups in total. The van der Waals surface area contributed by atoms with E-state index in [1.54, 1.807) is 0 Å². The van der Waals surface area contributed by atoms with Crippen molar-refractivity contribution in [2.75, 3.05) is 5.32 Å². The van der Waals surface area contributed by atoms with E-state index < -0.39 is 31.8 Å². The number of aliphatic hydroxyl groups is 1. The average molecular weight is 368 g/mol. The minimum atomic E-state index is -4.29. The van der Waals surface area contributed by atoms with E-state index >= 15 is 0 Å². The van der Waals surface area contributed by atoms with Crippen molar-refractivity contribution in [3.63, 3.8) is 0 Å². The molecule has 0 aliphatic heterocycles. The molecule has 1 atom stereocenters.